The van der Waals surface area contributed by atoms with E-state index in [1.807, 2.05) is 25.7 Å². The number of piperidine rings is 1. The molecular weight excluding hydrogens is 288 g/mol. The van der Waals surface area contributed by atoms with Crippen LogP contribution in [0.5, 0.6) is 0 Å². The van der Waals surface area contributed by atoms with Crippen LogP contribution in [0.25, 0.3) is 0 Å². The topological polar surface area (TPSA) is 41.6 Å². The highest BCUT2D eigenvalue weighted by Crippen LogP contribution is 2.24. The van der Waals surface area contributed by atoms with E-state index in [2.05, 4.69) is 43.4 Å². The van der Waals surface area contributed by atoms with Crippen molar-refractivity contribution in [3.05, 3.63) is 35.4 Å². The normalized spacial score (nSPS) is 17.9. The smallest absolute Gasteiger partial charge is 0.410 e. The summed E-state index contributed by atoms with van der Waals surface area (Å²) < 4.78 is 5.46. The lowest BCUT2D eigenvalue weighted by Crippen LogP contribution is -2.53. The predicted molar refractivity (Wildman–Crippen MR) is 93.5 cm³/mol. The van der Waals surface area contributed by atoms with Crippen LogP contribution in [0.2, 0.25) is 0 Å². The minimum atomic E-state index is -0.430. The Hall–Kier alpha value is -1.55. The molecule has 1 saturated heterocycles. The Morgan fingerprint density at radius 3 is 2.43 bits per heavy atom. The zero-order valence-electron chi connectivity index (χ0n) is 15.1. The lowest BCUT2D eigenvalue weighted by atomic mass is 9.89. The van der Waals surface area contributed by atoms with Crippen molar-refractivity contribution in [3.63, 3.8) is 0 Å². The van der Waals surface area contributed by atoms with E-state index in [1.165, 1.54) is 11.1 Å². The second kappa shape index (κ2) is 6.91. The van der Waals surface area contributed by atoms with Gasteiger partial charge in [-0.15, -0.1) is 0 Å². The van der Waals surface area contributed by atoms with Gasteiger partial charge in [0.25, 0.3) is 0 Å². The SMILES string of the molecule is Cc1ccccc1CNC1(C)CCN(C(=O)OC(C)(C)C)CC1. The Labute approximate surface area is 140 Å². The molecule has 2 rings (SSSR count). The van der Waals surface area contributed by atoms with Crippen LogP contribution < -0.4 is 5.32 Å². The van der Waals surface area contributed by atoms with Gasteiger partial charge >= 0.3 is 6.09 Å². The van der Waals surface area contributed by atoms with E-state index < -0.39 is 5.60 Å². The van der Waals surface area contributed by atoms with Gasteiger partial charge in [-0.3, -0.25) is 0 Å². The van der Waals surface area contributed by atoms with Crippen LogP contribution in [0.1, 0.15) is 51.7 Å². The molecule has 4 nitrogen and oxygen atoms in total. The molecule has 0 spiro atoms. The summed E-state index contributed by atoms with van der Waals surface area (Å²) in [4.78, 5) is 14.0. The fraction of sp³-hybridized carbons (Fsp3) is 0.632. The van der Waals surface area contributed by atoms with Gasteiger partial charge in [-0.25, -0.2) is 4.79 Å². The van der Waals surface area contributed by atoms with Crippen LogP contribution in [-0.2, 0) is 11.3 Å². The summed E-state index contributed by atoms with van der Waals surface area (Å²) >= 11 is 0. The van der Waals surface area contributed by atoms with Crippen LogP contribution in [0.15, 0.2) is 24.3 Å². The number of aryl methyl sites for hydroxylation is 1. The minimum absolute atomic E-state index is 0.0702. The monoisotopic (exact) mass is 318 g/mol. The lowest BCUT2D eigenvalue weighted by Gasteiger charge is -2.40. The number of ether oxygens (including phenoxy) is 1. The number of benzene rings is 1. The first kappa shape index (κ1) is 17.8. The largest absolute Gasteiger partial charge is 0.444 e. The molecule has 1 fully saturated rings. The molecule has 128 valence electrons. The Bertz CT molecular complexity index is 541. The molecule has 0 radical (unpaired) electrons. The van der Waals surface area contributed by atoms with Crippen molar-refractivity contribution in [1.29, 1.82) is 0 Å². The molecule has 0 saturated carbocycles. The molecular formula is C19H30N2O2. The first-order chi connectivity index (χ1) is 10.7. The van der Waals surface area contributed by atoms with Crippen LogP contribution in [-0.4, -0.2) is 35.2 Å². The standard InChI is InChI=1S/C19H30N2O2/c1-15-8-6-7-9-16(15)14-20-19(5)10-12-21(13-11-19)17(22)23-18(2,3)4/h6-9,20H,10-14H2,1-5H3. The molecule has 4 heteroatoms. The average Bonchev–Trinajstić information content (AvgIpc) is 2.45. The molecule has 0 bridgehead atoms. The fourth-order valence-corrected chi connectivity index (χ4v) is 2.80. The van der Waals surface area contributed by atoms with Crippen molar-refractivity contribution < 1.29 is 9.53 Å². The number of nitrogens with one attached hydrogen (secondary N) is 1. The number of carbonyl (C=O) groups is 1. The number of carbonyl (C=O) groups excluding carboxylic acids is 1. The van der Waals surface area contributed by atoms with E-state index in [9.17, 15) is 4.79 Å². The highest BCUT2D eigenvalue weighted by Gasteiger charge is 2.33. The molecule has 1 aromatic carbocycles. The van der Waals surface area contributed by atoms with Gasteiger partial charge in [0, 0.05) is 25.2 Å². The highest BCUT2D eigenvalue weighted by molar-refractivity contribution is 5.68. The zero-order valence-corrected chi connectivity index (χ0v) is 15.1. The summed E-state index contributed by atoms with van der Waals surface area (Å²) in [5, 5.41) is 3.68. The van der Waals surface area contributed by atoms with Gasteiger partial charge in [-0.2, -0.15) is 0 Å². The number of amides is 1. The molecule has 1 aliphatic heterocycles. The first-order valence-electron chi connectivity index (χ1n) is 8.46. The van der Waals surface area contributed by atoms with Gasteiger partial charge in [0.1, 0.15) is 5.60 Å². The molecule has 1 aliphatic rings. The Morgan fingerprint density at radius 2 is 1.87 bits per heavy atom. The van der Waals surface area contributed by atoms with Crippen molar-refractivity contribution in [1.82, 2.24) is 10.2 Å². The van der Waals surface area contributed by atoms with Crippen molar-refractivity contribution in [2.75, 3.05) is 13.1 Å². The average molecular weight is 318 g/mol. The van der Waals surface area contributed by atoms with E-state index in [0.717, 1.165) is 32.5 Å². The fourth-order valence-electron chi connectivity index (χ4n) is 2.80. The molecule has 1 amide bonds. The number of rotatable bonds is 3. The molecule has 1 N–H and O–H groups in total. The summed E-state index contributed by atoms with van der Waals surface area (Å²) in [5.74, 6) is 0. The Balaban J connectivity index is 1.85. The maximum Gasteiger partial charge on any atom is 0.410 e. The Kier molecular flexibility index (Phi) is 5.35. The molecule has 1 heterocycles. The van der Waals surface area contributed by atoms with Crippen molar-refractivity contribution in [3.8, 4) is 0 Å². The van der Waals surface area contributed by atoms with Gasteiger partial charge in [-0.1, -0.05) is 24.3 Å². The minimum Gasteiger partial charge on any atom is -0.444 e. The van der Waals surface area contributed by atoms with Crippen LogP contribution >= 0.6 is 0 Å². The number of hydrogen-bond acceptors (Lipinski definition) is 3. The highest BCUT2D eigenvalue weighted by atomic mass is 16.6. The van der Waals surface area contributed by atoms with Gasteiger partial charge < -0.3 is 15.0 Å². The summed E-state index contributed by atoms with van der Waals surface area (Å²) in [6, 6.07) is 8.46. The van der Waals surface area contributed by atoms with Gasteiger partial charge in [0.2, 0.25) is 0 Å². The number of nitrogens with zero attached hydrogens (tertiary/aromatic N) is 1. The summed E-state index contributed by atoms with van der Waals surface area (Å²) in [6.07, 6.45) is 1.69. The molecule has 0 atom stereocenters. The maximum atomic E-state index is 12.1. The molecule has 0 aliphatic carbocycles. The predicted octanol–water partition coefficient (Wildman–Crippen LogP) is 3.87. The third kappa shape index (κ3) is 5.24. The van der Waals surface area contributed by atoms with Crippen molar-refractivity contribution in [2.45, 2.75) is 65.1 Å². The van der Waals surface area contributed by atoms with E-state index in [-0.39, 0.29) is 11.6 Å². The van der Waals surface area contributed by atoms with E-state index in [1.54, 1.807) is 0 Å². The quantitative estimate of drug-likeness (QED) is 0.919. The molecule has 0 unspecified atom stereocenters. The molecule has 1 aromatic rings. The first-order valence-corrected chi connectivity index (χ1v) is 8.46. The van der Waals surface area contributed by atoms with E-state index in [0.29, 0.717) is 0 Å². The second-order valence-electron chi connectivity index (χ2n) is 7.81. The van der Waals surface area contributed by atoms with Gasteiger partial charge in [0.15, 0.2) is 0 Å². The number of likely N-dealkylation sites (tertiary alicyclic amines) is 1. The third-order valence-corrected chi connectivity index (χ3v) is 4.49. The van der Waals surface area contributed by atoms with E-state index >= 15 is 0 Å². The zero-order chi connectivity index (χ0) is 17.1. The van der Waals surface area contributed by atoms with Crippen molar-refractivity contribution >= 4 is 6.09 Å². The van der Waals surface area contributed by atoms with Crippen LogP contribution in [0, 0.1) is 6.92 Å². The summed E-state index contributed by atoms with van der Waals surface area (Å²) in [6.45, 7) is 12.5. The van der Waals surface area contributed by atoms with Crippen LogP contribution in [0.3, 0.4) is 0 Å². The molecule has 0 aromatic heterocycles. The summed E-state index contributed by atoms with van der Waals surface area (Å²) in [7, 11) is 0. The second-order valence-corrected chi connectivity index (χ2v) is 7.81. The molecule has 23 heavy (non-hydrogen) atoms. The van der Waals surface area contributed by atoms with Gasteiger partial charge in [-0.05, 0) is 58.6 Å². The van der Waals surface area contributed by atoms with Crippen LogP contribution in [0.4, 0.5) is 4.79 Å². The third-order valence-electron chi connectivity index (χ3n) is 4.49. The number of hydrogen-bond donors (Lipinski definition) is 1. The van der Waals surface area contributed by atoms with Crippen molar-refractivity contribution in [2.24, 2.45) is 0 Å². The van der Waals surface area contributed by atoms with Gasteiger partial charge in [0.05, 0.1) is 0 Å². The lowest BCUT2D eigenvalue weighted by molar-refractivity contribution is 0.0157. The summed E-state index contributed by atoms with van der Waals surface area (Å²) in [5.41, 5.74) is 2.29. The Morgan fingerprint density at radius 1 is 1.26 bits per heavy atom. The maximum absolute atomic E-state index is 12.1. The van der Waals surface area contributed by atoms with E-state index in [4.69, 9.17) is 4.74 Å².